The standard InChI is InChI=1S/C21H20F2N4O.C15H16BrFN2.C7H4FNO.C4H9.CH4.Li/c1-21(2)20-26-17(13-3-5-14(22)6-4-13)18(27(20)12-11-24-21)19(28)25-16-9-7-15(23)8-10-16;1-15(2)8-3-9-19-13(16)12(18-14(15)19)10-4-6-11(17)7-5-10;8-6-1-3-7(4-2-6)9-5-10;1-3-4-2;;/h3-10,24H,11-12H2,1-2H3,(H,25,28);4-7H,3,8-9H2,1-2H3;1-4H;1,3-4H2,2H3;1H4;/q;;;-1;;+1. The van der Waals surface area contributed by atoms with Crippen molar-refractivity contribution in [1.82, 2.24) is 24.4 Å². The number of aromatic nitrogens is 4. The van der Waals surface area contributed by atoms with Gasteiger partial charge in [-0.05, 0) is 140 Å². The second kappa shape index (κ2) is 23.6. The Hall–Kier alpha value is -5.09. The fourth-order valence-corrected chi connectivity index (χ4v) is 7.44. The van der Waals surface area contributed by atoms with Gasteiger partial charge in [-0.25, -0.2) is 32.3 Å². The molecule has 0 spiro atoms. The molecule has 2 aliphatic rings. The van der Waals surface area contributed by atoms with Crippen molar-refractivity contribution in [2.45, 2.75) is 91.8 Å². The molecule has 1 amide bonds. The number of aliphatic imine (C=N–C) groups is 1. The van der Waals surface area contributed by atoms with E-state index in [1.165, 1.54) is 85.3 Å². The number of fused-ring (bicyclic) bond motifs is 2. The predicted molar refractivity (Wildman–Crippen MR) is 242 cm³/mol. The average molecular weight is 923 g/mol. The van der Waals surface area contributed by atoms with Crippen molar-refractivity contribution >= 4 is 39.3 Å². The van der Waals surface area contributed by atoms with Crippen LogP contribution < -0.4 is 29.5 Å². The van der Waals surface area contributed by atoms with Crippen molar-refractivity contribution in [2.75, 3.05) is 11.9 Å². The van der Waals surface area contributed by atoms with E-state index in [1.54, 1.807) is 24.3 Å². The van der Waals surface area contributed by atoms with Crippen LogP contribution in [0.2, 0.25) is 0 Å². The van der Waals surface area contributed by atoms with E-state index in [0.29, 0.717) is 41.4 Å². The maximum absolute atomic E-state index is 13.4. The number of hydrogen-bond acceptors (Lipinski definition) is 6. The van der Waals surface area contributed by atoms with Crippen molar-refractivity contribution < 1.29 is 46.0 Å². The molecule has 8 rings (SSSR count). The Morgan fingerprint density at radius 3 is 1.76 bits per heavy atom. The molecule has 2 aliphatic heterocycles. The van der Waals surface area contributed by atoms with Crippen LogP contribution in [-0.2, 0) is 28.8 Å². The van der Waals surface area contributed by atoms with Crippen LogP contribution in [0, 0.1) is 30.2 Å². The van der Waals surface area contributed by atoms with E-state index >= 15 is 0 Å². The summed E-state index contributed by atoms with van der Waals surface area (Å²) in [6.07, 6.45) is 5.95. The van der Waals surface area contributed by atoms with Gasteiger partial charge < -0.3 is 26.7 Å². The minimum atomic E-state index is -0.415. The molecular formula is C48H53BrF4LiN7O2. The van der Waals surface area contributed by atoms with Gasteiger partial charge in [0.1, 0.15) is 56.6 Å². The number of amides is 1. The number of rotatable bonds is 6. The third kappa shape index (κ3) is 13.5. The number of anilines is 1. The number of unbranched alkanes of at least 4 members (excludes halogenated alkanes) is 1. The molecule has 0 unspecified atom stereocenters. The molecule has 9 nitrogen and oxygen atoms in total. The predicted octanol–water partition coefficient (Wildman–Crippen LogP) is 9.50. The van der Waals surface area contributed by atoms with E-state index in [-0.39, 0.29) is 60.9 Å². The normalized spacial score (nSPS) is 13.8. The van der Waals surface area contributed by atoms with Crippen molar-refractivity contribution in [3.05, 3.63) is 149 Å². The van der Waals surface area contributed by atoms with E-state index in [9.17, 15) is 27.2 Å². The SMILES string of the molecule is C.CC1(C)CCCn2c1nc(-c1ccc(F)cc1)c2Br.CC1(C)NCCn2c1nc(-c1ccc(F)cc1)c2C(=O)Nc1ccc(F)cc1.O=C=Nc1ccc(F)cc1.[CH2-]CCC.[Li+]. The van der Waals surface area contributed by atoms with E-state index in [0.717, 1.165) is 53.3 Å². The summed E-state index contributed by atoms with van der Waals surface area (Å²) < 4.78 is 56.9. The zero-order valence-corrected chi connectivity index (χ0v) is 37.4. The topological polar surface area (TPSA) is 106 Å². The number of carbonyl (C=O) groups is 1. The fraction of sp³-hybridized carbons (Fsp3) is 0.312. The maximum atomic E-state index is 13.4. The van der Waals surface area contributed by atoms with Crippen molar-refractivity contribution in [3.8, 4) is 22.5 Å². The van der Waals surface area contributed by atoms with Gasteiger partial charge in [0.25, 0.3) is 5.91 Å². The van der Waals surface area contributed by atoms with Gasteiger partial charge in [0.15, 0.2) is 0 Å². The van der Waals surface area contributed by atoms with Crippen LogP contribution in [-0.4, -0.2) is 37.6 Å². The number of isocyanates is 1. The number of benzene rings is 4. The van der Waals surface area contributed by atoms with Crippen LogP contribution in [0.25, 0.3) is 22.5 Å². The van der Waals surface area contributed by atoms with Crippen LogP contribution in [0.1, 0.15) is 89.9 Å². The Kier molecular flexibility index (Phi) is 19.5. The maximum Gasteiger partial charge on any atom is 1.00 e. The molecule has 0 atom stereocenters. The molecule has 63 heavy (non-hydrogen) atoms. The van der Waals surface area contributed by atoms with E-state index < -0.39 is 5.54 Å². The first-order valence-corrected chi connectivity index (χ1v) is 20.7. The minimum absolute atomic E-state index is 0. The summed E-state index contributed by atoms with van der Waals surface area (Å²) in [6, 6.07) is 23.3. The molecule has 2 aromatic heterocycles. The number of imidazole rings is 2. The molecule has 0 fully saturated rings. The first-order valence-electron chi connectivity index (χ1n) is 19.9. The van der Waals surface area contributed by atoms with Gasteiger partial charge in [-0.15, -0.1) is 0 Å². The van der Waals surface area contributed by atoms with Crippen LogP contribution in [0.5, 0.6) is 0 Å². The van der Waals surface area contributed by atoms with E-state index in [2.05, 4.69) is 63.8 Å². The van der Waals surface area contributed by atoms with Crippen LogP contribution in [0.15, 0.2) is 107 Å². The molecule has 0 saturated heterocycles. The average Bonchev–Trinajstić information content (AvgIpc) is 3.81. The molecule has 2 N–H and O–H groups in total. The van der Waals surface area contributed by atoms with Gasteiger partial charge in [-0.1, -0.05) is 34.6 Å². The second-order valence-electron chi connectivity index (χ2n) is 15.6. The number of nitrogens with zero attached hydrogens (tertiary/aromatic N) is 5. The Balaban J connectivity index is 0.000000260. The molecule has 0 bridgehead atoms. The second-order valence-corrected chi connectivity index (χ2v) is 16.3. The molecule has 15 heteroatoms. The summed E-state index contributed by atoms with van der Waals surface area (Å²) >= 11 is 3.65. The zero-order chi connectivity index (χ0) is 44.3. The van der Waals surface area contributed by atoms with Crippen LogP contribution >= 0.6 is 15.9 Å². The van der Waals surface area contributed by atoms with Gasteiger partial charge >= 0.3 is 18.9 Å². The third-order valence-corrected chi connectivity index (χ3v) is 10.8. The Labute approximate surface area is 388 Å². The van der Waals surface area contributed by atoms with Gasteiger partial charge in [-0.2, -0.15) is 11.4 Å². The third-order valence-electron chi connectivity index (χ3n) is 10.0. The summed E-state index contributed by atoms with van der Waals surface area (Å²) in [5.41, 5.74) is 3.99. The van der Waals surface area contributed by atoms with E-state index in [1.807, 2.05) is 18.4 Å². The number of nitrogens with one attached hydrogen (secondary N) is 2. The summed E-state index contributed by atoms with van der Waals surface area (Å²) in [5, 5.41) is 6.20. The molecule has 328 valence electrons. The first-order chi connectivity index (χ1) is 29.1. The molecular weight excluding hydrogens is 869 g/mol. The quantitative estimate of drug-likeness (QED) is 0.0570. The summed E-state index contributed by atoms with van der Waals surface area (Å²) in [5.74, 6) is 0.218. The minimum Gasteiger partial charge on any atom is -0.343 e. The molecule has 0 saturated carbocycles. The summed E-state index contributed by atoms with van der Waals surface area (Å²) in [6.45, 7) is 16.4. The van der Waals surface area contributed by atoms with Crippen LogP contribution in [0.3, 0.4) is 0 Å². The Morgan fingerprint density at radius 2 is 1.27 bits per heavy atom. The van der Waals surface area contributed by atoms with Gasteiger partial charge in [-0.3, -0.25) is 4.79 Å². The first kappa shape index (κ1) is 52.3. The number of carbonyl (C=O) groups excluding carboxylic acids is 2. The molecule has 4 heterocycles. The molecule has 4 aromatic carbocycles. The fourth-order valence-electron chi connectivity index (χ4n) is 6.77. The smallest absolute Gasteiger partial charge is 0.343 e. The number of hydrogen-bond donors (Lipinski definition) is 2. The van der Waals surface area contributed by atoms with Gasteiger partial charge in [0.05, 0.1) is 11.2 Å². The van der Waals surface area contributed by atoms with Crippen molar-refractivity contribution in [1.29, 1.82) is 0 Å². The monoisotopic (exact) mass is 921 g/mol. The van der Waals surface area contributed by atoms with Crippen LogP contribution in [0.4, 0.5) is 28.9 Å². The summed E-state index contributed by atoms with van der Waals surface area (Å²) in [4.78, 5) is 35.6. The van der Waals surface area contributed by atoms with Crippen molar-refractivity contribution in [3.63, 3.8) is 0 Å². The molecule has 6 aromatic rings. The largest absolute Gasteiger partial charge is 1.00 e. The number of halogens is 5. The summed E-state index contributed by atoms with van der Waals surface area (Å²) in [7, 11) is 0. The van der Waals surface area contributed by atoms with Gasteiger partial charge in [0.2, 0.25) is 6.08 Å². The van der Waals surface area contributed by atoms with Gasteiger partial charge in [0, 0.05) is 41.9 Å². The zero-order valence-electron chi connectivity index (χ0n) is 35.8. The van der Waals surface area contributed by atoms with E-state index in [4.69, 9.17) is 9.97 Å². The molecule has 0 radical (unpaired) electrons. The Bertz CT molecular complexity index is 2450. The molecule has 0 aliphatic carbocycles. The van der Waals surface area contributed by atoms with Crippen molar-refractivity contribution in [2.24, 2.45) is 4.99 Å². The Morgan fingerprint density at radius 1 is 0.794 bits per heavy atom.